The molecule has 0 aliphatic heterocycles. The summed E-state index contributed by atoms with van der Waals surface area (Å²) in [4.78, 5) is 21.3. The summed E-state index contributed by atoms with van der Waals surface area (Å²) in [7, 11) is -2.67. The van der Waals surface area contributed by atoms with Crippen LogP contribution in [-0.2, 0) is 17.1 Å². The number of benzene rings is 2. The van der Waals surface area contributed by atoms with Gasteiger partial charge in [-0.2, -0.15) is 5.10 Å². The minimum absolute atomic E-state index is 0.144. The molecule has 1 N–H and O–H groups in total. The van der Waals surface area contributed by atoms with Crippen molar-refractivity contribution in [1.82, 2.24) is 9.78 Å². The molecule has 0 amide bonds. The van der Waals surface area contributed by atoms with Crippen molar-refractivity contribution < 1.29 is 13.3 Å². The fraction of sp³-hybridized carbons (Fsp3) is 0.0588. The number of nitrogens with zero attached hydrogens (tertiary/aromatic N) is 3. The molecule has 2 aromatic carbocycles. The van der Waals surface area contributed by atoms with E-state index in [1.54, 1.807) is 12.1 Å². The number of rotatable bonds is 5. The molecule has 1 heterocycles. The van der Waals surface area contributed by atoms with Gasteiger partial charge >= 0.3 is 0 Å². The zero-order chi connectivity index (χ0) is 20.5. The molecule has 0 aliphatic rings. The van der Waals surface area contributed by atoms with Crippen molar-refractivity contribution in [3.63, 3.8) is 0 Å². The monoisotopic (exact) mass is 420 g/mol. The Morgan fingerprint density at radius 1 is 1.14 bits per heavy atom. The second-order valence-electron chi connectivity index (χ2n) is 5.74. The van der Waals surface area contributed by atoms with Crippen LogP contribution in [0.15, 0.2) is 64.3 Å². The van der Waals surface area contributed by atoms with Crippen molar-refractivity contribution in [3.05, 3.63) is 80.1 Å². The van der Waals surface area contributed by atoms with Gasteiger partial charge in [0, 0.05) is 36.5 Å². The lowest BCUT2D eigenvalue weighted by molar-refractivity contribution is -0.385. The van der Waals surface area contributed by atoms with Crippen LogP contribution in [0.5, 0.6) is 0 Å². The largest absolute Gasteiger partial charge is 0.280 e. The highest BCUT2D eigenvalue weighted by Gasteiger charge is 2.22. The van der Waals surface area contributed by atoms with Gasteiger partial charge in [-0.25, -0.2) is 13.1 Å². The first-order valence-electron chi connectivity index (χ1n) is 7.79. The second-order valence-corrected chi connectivity index (χ2v) is 7.80. The van der Waals surface area contributed by atoms with Crippen molar-refractivity contribution in [3.8, 4) is 11.3 Å². The van der Waals surface area contributed by atoms with Crippen LogP contribution in [0.4, 0.5) is 11.4 Å². The summed E-state index contributed by atoms with van der Waals surface area (Å²) in [6.45, 7) is 0. The van der Waals surface area contributed by atoms with Crippen molar-refractivity contribution in [2.45, 2.75) is 4.90 Å². The van der Waals surface area contributed by atoms with Crippen molar-refractivity contribution in [2.75, 3.05) is 4.72 Å². The Bertz CT molecular complexity index is 1240. The van der Waals surface area contributed by atoms with Crippen LogP contribution in [0.3, 0.4) is 0 Å². The number of nitrogens with one attached hydrogen (secondary N) is 1. The van der Waals surface area contributed by atoms with E-state index in [2.05, 4.69) is 9.82 Å². The Labute approximate surface area is 164 Å². The molecule has 9 nitrogen and oxygen atoms in total. The molecule has 0 radical (unpaired) electrons. The summed E-state index contributed by atoms with van der Waals surface area (Å²) in [6.07, 6.45) is 0. The molecule has 0 aliphatic carbocycles. The summed E-state index contributed by atoms with van der Waals surface area (Å²) in [5, 5.41) is 14.9. The highest BCUT2D eigenvalue weighted by atomic mass is 35.5. The van der Waals surface area contributed by atoms with Gasteiger partial charge < -0.3 is 0 Å². The van der Waals surface area contributed by atoms with Gasteiger partial charge in [0.2, 0.25) is 0 Å². The number of non-ortho nitro benzene ring substituents is 1. The van der Waals surface area contributed by atoms with Gasteiger partial charge in [0.1, 0.15) is 4.90 Å². The molecule has 0 unspecified atom stereocenters. The normalized spacial score (nSPS) is 11.2. The number of nitro groups is 1. The van der Waals surface area contributed by atoms with Crippen LogP contribution in [0.2, 0.25) is 5.02 Å². The lowest BCUT2D eigenvalue weighted by atomic mass is 10.1. The molecule has 3 aromatic rings. The summed E-state index contributed by atoms with van der Waals surface area (Å²) in [6, 6.07) is 12.4. The number of aromatic nitrogens is 2. The summed E-state index contributed by atoms with van der Waals surface area (Å²) < 4.78 is 28.8. The number of aryl methyl sites for hydroxylation is 1. The topological polar surface area (TPSA) is 124 Å². The van der Waals surface area contributed by atoms with Crippen molar-refractivity contribution in [2.24, 2.45) is 7.05 Å². The predicted octanol–water partition coefficient (Wildman–Crippen LogP) is 2.81. The molecule has 1 aromatic heterocycles. The SMILES string of the molecule is Cn1nc(-c2cccc(NS(=O)(=O)c3cc([N+](=O)[O-])ccc3Cl)c2)ccc1=O. The van der Waals surface area contributed by atoms with Gasteiger partial charge in [-0.1, -0.05) is 23.7 Å². The third kappa shape index (κ3) is 4.02. The van der Waals surface area contributed by atoms with Crippen LogP contribution in [-0.4, -0.2) is 23.1 Å². The van der Waals surface area contributed by atoms with E-state index in [9.17, 15) is 23.3 Å². The smallest absolute Gasteiger partial charge is 0.270 e. The van der Waals surface area contributed by atoms with E-state index in [1.165, 1.54) is 31.3 Å². The number of hydrogen-bond donors (Lipinski definition) is 1. The Balaban J connectivity index is 1.97. The first kappa shape index (κ1) is 19.5. The molecule has 0 saturated heterocycles. The van der Waals surface area contributed by atoms with Crippen LogP contribution in [0.25, 0.3) is 11.3 Å². The standard InChI is InChI=1S/C17H13ClN4O5S/c1-21-17(23)8-7-15(19-21)11-3-2-4-12(9-11)20-28(26,27)16-10-13(22(24)25)5-6-14(16)18/h2-10,20H,1H3. The zero-order valence-corrected chi connectivity index (χ0v) is 15.9. The van der Waals surface area contributed by atoms with E-state index < -0.39 is 25.5 Å². The average molecular weight is 421 g/mol. The average Bonchev–Trinajstić information content (AvgIpc) is 2.64. The van der Waals surface area contributed by atoms with E-state index in [0.29, 0.717) is 11.3 Å². The molecule has 11 heteroatoms. The predicted molar refractivity (Wildman–Crippen MR) is 104 cm³/mol. The van der Waals surface area contributed by atoms with Crippen LogP contribution in [0, 0.1) is 10.1 Å². The third-order valence-corrected chi connectivity index (χ3v) is 5.65. The summed E-state index contributed by atoms with van der Waals surface area (Å²) in [5.74, 6) is 0. The summed E-state index contributed by atoms with van der Waals surface area (Å²) in [5.41, 5.74) is 0.571. The van der Waals surface area contributed by atoms with Crippen LogP contribution in [0.1, 0.15) is 0 Å². The number of halogens is 1. The van der Waals surface area contributed by atoms with Gasteiger partial charge in [-0.3, -0.25) is 19.6 Å². The molecule has 144 valence electrons. The minimum Gasteiger partial charge on any atom is -0.280 e. The van der Waals surface area contributed by atoms with E-state index in [1.807, 2.05) is 0 Å². The first-order valence-corrected chi connectivity index (χ1v) is 9.65. The lowest BCUT2D eigenvalue weighted by Crippen LogP contribution is -2.18. The molecule has 28 heavy (non-hydrogen) atoms. The number of hydrogen-bond acceptors (Lipinski definition) is 6. The third-order valence-electron chi connectivity index (χ3n) is 3.79. The van der Waals surface area contributed by atoms with Gasteiger partial charge in [0.25, 0.3) is 21.3 Å². The maximum absolute atomic E-state index is 12.7. The van der Waals surface area contributed by atoms with Crippen molar-refractivity contribution >= 4 is 33.0 Å². The molecule has 0 saturated carbocycles. The summed E-state index contributed by atoms with van der Waals surface area (Å²) >= 11 is 5.93. The molecular formula is C17H13ClN4O5S. The maximum atomic E-state index is 12.7. The Hall–Kier alpha value is -3.24. The molecule has 3 rings (SSSR count). The quantitative estimate of drug-likeness (QED) is 0.500. The van der Waals surface area contributed by atoms with Gasteiger partial charge in [-0.15, -0.1) is 0 Å². The highest BCUT2D eigenvalue weighted by Crippen LogP contribution is 2.28. The Morgan fingerprint density at radius 3 is 2.57 bits per heavy atom. The van der Waals surface area contributed by atoms with Gasteiger partial charge in [0.05, 0.1) is 15.6 Å². The fourth-order valence-corrected chi connectivity index (χ4v) is 3.99. The molecule has 0 bridgehead atoms. The molecular weight excluding hydrogens is 408 g/mol. The van der Waals surface area contributed by atoms with Gasteiger partial charge in [0.15, 0.2) is 0 Å². The fourth-order valence-electron chi connectivity index (χ4n) is 2.42. The molecule has 0 spiro atoms. The number of anilines is 1. The Morgan fingerprint density at radius 2 is 1.89 bits per heavy atom. The lowest BCUT2D eigenvalue weighted by Gasteiger charge is -2.11. The van der Waals surface area contributed by atoms with Crippen LogP contribution >= 0.6 is 11.6 Å². The van der Waals surface area contributed by atoms with E-state index in [0.717, 1.165) is 22.9 Å². The zero-order valence-electron chi connectivity index (χ0n) is 14.4. The Kier molecular flexibility index (Phi) is 5.16. The van der Waals surface area contributed by atoms with Crippen LogP contribution < -0.4 is 10.3 Å². The van der Waals surface area contributed by atoms with E-state index in [4.69, 9.17) is 11.6 Å². The van der Waals surface area contributed by atoms with Gasteiger partial charge in [-0.05, 0) is 24.3 Å². The molecule has 0 atom stereocenters. The second kappa shape index (κ2) is 7.41. The minimum atomic E-state index is -4.18. The van der Waals surface area contributed by atoms with E-state index >= 15 is 0 Å². The highest BCUT2D eigenvalue weighted by molar-refractivity contribution is 7.92. The molecule has 0 fully saturated rings. The number of nitro benzene ring substituents is 1. The maximum Gasteiger partial charge on any atom is 0.270 e. The van der Waals surface area contributed by atoms with Crippen molar-refractivity contribution in [1.29, 1.82) is 0 Å². The first-order chi connectivity index (χ1) is 13.2. The van der Waals surface area contributed by atoms with E-state index in [-0.39, 0.29) is 16.3 Å². The number of sulfonamides is 1.